The third-order valence-electron chi connectivity index (χ3n) is 10.8. The molecule has 47 heavy (non-hydrogen) atoms. The van der Waals surface area contributed by atoms with Crippen LogP contribution in [0.15, 0.2) is 107 Å². The summed E-state index contributed by atoms with van der Waals surface area (Å²) in [6.45, 7) is 13.6. The Morgan fingerprint density at radius 3 is 1.30 bits per heavy atom. The van der Waals surface area contributed by atoms with E-state index in [1.54, 1.807) is 0 Å². The van der Waals surface area contributed by atoms with Crippen LogP contribution in [0.3, 0.4) is 0 Å². The fourth-order valence-corrected chi connectivity index (χ4v) is 8.06. The van der Waals surface area contributed by atoms with Gasteiger partial charge in [-0.15, -0.1) is 0 Å². The summed E-state index contributed by atoms with van der Waals surface area (Å²) in [5, 5.41) is 0. The largest absolute Gasteiger partial charge is 0.474 e. The van der Waals surface area contributed by atoms with Gasteiger partial charge in [0.05, 0.1) is 0 Å². The van der Waals surface area contributed by atoms with Gasteiger partial charge in [-0.05, 0) is 68.2 Å². The summed E-state index contributed by atoms with van der Waals surface area (Å²) in [4.78, 5) is 11.0. The van der Waals surface area contributed by atoms with Crippen LogP contribution in [0.5, 0.6) is 0 Å². The van der Waals surface area contributed by atoms with Gasteiger partial charge in [-0.2, -0.15) is 0 Å². The van der Waals surface area contributed by atoms with E-state index in [0.717, 1.165) is 24.6 Å². The van der Waals surface area contributed by atoms with Crippen LogP contribution in [-0.4, -0.2) is 24.0 Å². The Labute approximate surface area is 280 Å². The zero-order chi connectivity index (χ0) is 32.6. The van der Waals surface area contributed by atoms with Gasteiger partial charge in [-0.25, -0.2) is 9.98 Å². The minimum atomic E-state index is -0.689. The maximum Gasteiger partial charge on any atom is 0.201 e. The number of nitrogens with zero attached hydrogens (tertiary/aromatic N) is 2. The van der Waals surface area contributed by atoms with Gasteiger partial charge in [0.25, 0.3) is 0 Å². The van der Waals surface area contributed by atoms with Crippen molar-refractivity contribution in [2.45, 2.75) is 102 Å². The maximum absolute atomic E-state index is 7.03. The van der Waals surface area contributed by atoms with Crippen molar-refractivity contribution in [3.63, 3.8) is 0 Å². The molecule has 2 aliphatic carbocycles. The van der Waals surface area contributed by atoms with Gasteiger partial charge in [-0.1, -0.05) is 139 Å². The van der Waals surface area contributed by atoms with Crippen molar-refractivity contribution in [1.29, 1.82) is 0 Å². The smallest absolute Gasteiger partial charge is 0.201 e. The van der Waals surface area contributed by atoms with Crippen LogP contribution < -0.4 is 0 Å². The summed E-state index contributed by atoms with van der Waals surface area (Å²) in [7, 11) is 0. The fraction of sp³-hybridized carbons (Fsp3) is 0.395. The van der Waals surface area contributed by atoms with Crippen molar-refractivity contribution < 1.29 is 9.47 Å². The Morgan fingerprint density at radius 1 is 0.532 bits per heavy atom. The first-order valence-corrected chi connectivity index (χ1v) is 17.3. The third-order valence-corrected chi connectivity index (χ3v) is 10.8. The predicted octanol–water partition coefficient (Wildman–Crippen LogP) is 9.24. The summed E-state index contributed by atoms with van der Waals surface area (Å²) in [5.41, 5.74) is 9.83. The number of ether oxygens (including phenoxy) is 2. The molecule has 0 bridgehead atoms. The standard InChI is InChI=1S/C43H46N2O2/c1-41(2,3)31-19-15-27(16-20-31)25-43(26-28-17-21-32(22-18-28)42(4,5)6,39-44-37-33-13-9-7-11-29(33)23-35(37)46-39)40-45-38-34-14-10-8-12-30(34)24-36(38)47-40/h7-22,35-38H,23-26H2,1-6H3/t35-,36-,37+,38+/m1/s1. The molecule has 4 aliphatic rings. The molecular weight excluding hydrogens is 576 g/mol. The molecule has 0 N–H and O–H groups in total. The van der Waals surface area contributed by atoms with Gasteiger partial charge in [0, 0.05) is 12.8 Å². The lowest BCUT2D eigenvalue weighted by atomic mass is 9.74. The first kappa shape index (κ1) is 30.2. The van der Waals surface area contributed by atoms with Crippen molar-refractivity contribution in [3.8, 4) is 0 Å². The Balaban J connectivity index is 1.27. The van der Waals surface area contributed by atoms with E-state index in [4.69, 9.17) is 19.5 Å². The monoisotopic (exact) mass is 622 g/mol. The molecule has 4 nitrogen and oxygen atoms in total. The second kappa shape index (κ2) is 10.9. The van der Waals surface area contributed by atoms with Crippen LogP contribution in [-0.2, 0) is 46.0 Å². The van der Waals surface area contributed by atoms with E-state index < -0.39 is 5.41 Å². The normalized spacial score (nSPS) is 22.9. The second-order valence-corrected chi connectivity index (χ2v) is 16.2. The maximum atomic E-state index is 7.03. The molecular formula is C43H46N2O2. The molecule has 0 aromatic heterocycles. The van der Waals surface area contributed by atoms with Crippen molar-refractivity contribution in [2.75, 3.05) is 0 Å². The Bertz CT molecular complexity index is 1730. The molecule has 0 spiro atoms. The van der Waals surface area contributed by atoms with Crippen LogP contribution in [0.4, 0.5) is 0 Å². The van der Waals surface area contributed by atoms with E-state index in [1.807, 2.05) is 0 Å². The molecule has 4 aromatic rings. The molecule has 2 aliphatic heterocycles. The summed E-state index contributed by atoms with van der Waals surface area (Å²) < 4.78 is 14.1. The first-order valence-electron chi connectivity index (χ1n) is 17.3. The average Bonchev–Trinajstić information content (AvgIpc) is 3.80. The molecule has 0 amide bonds. The van der Waals surface area contributed by atoms with Crippen molar-refractivity contribution in [2.24, 2.45) is 15.4 Å². The van der Waals surface area contributed by atoms with E-state index in [0.29, 0.717) is 12.8 Å². The Morgan fingerprint density at radius 2 is 0.915 bits per heavy atom. The summed E-state index contributed by atoms with van der Waals surface area (Å²) in [5.74, 6) is 1.54. The lowest BCUT2D eigenvalue weighted by Crippen LogP contribution is -2.45. The highest BCUT2D eigenvalue weighted by Crippen LogP contribution is 2.49. The van der Waals surface area contributed by atoms with E-state index >= 15 is 0 Å². The number of hydrogen-bond donors (Lipinski definition) is 0. The zero-order valence-corrected chi connectivity index (χ0v) is 28.6. The summed E-state index contributed by atoms with van der Waals surface area (Å²) in [6, 6.07) is 35.6. The number of rotatable bonds is 6. The average molecular weight is 623 g/mol. The molecule has 0 saturated heterocycles. The van der Waals surface area contributed by atoms with Gasteiger partial charge >= 0.3 is 0 Å². The lowest BCUT2D eigenvalue weighted by Gasteiger charge is -2.34. The fourth-order valence-electron chi connectivity index (χ4n) is 8.06. The van der Waals surface area contributed by atoms with E-state index in [2.05, 4.69) is 139 Å². The van der Waals surface area contributed by atoms with Crippen molar-refractivity contribution >= 4 is 11.8 Å². The van der Waals surface area contributed by atoms with Gasteiger partial charge in [-0.3, -0.25) is 0 Å². The number of benzene rings is 4. The summed E-state index contributed by atoms with van der Waals surface area (Å²) >= 11 is 0. The van der Waals surface area contributed by atoms with Gasteiger partial charge in [0.1, 0.15) is 29.7 Å². The molecule has 0 unspecified atom stereocenters. The molecule has 4 heteroatoms. The van der Waals surface area contributed by atoms with Crippen LogP contribution >= 0.6 is 0 Å². The third kappa shape index (κ3) is 5.30. The van der Waals surface area contributed by atoms with Crippen LogP contribution in [0.2, 0.25) is 0 Å². The second-order valence-electron chi connectivity index (χ2n) is 16.2. The molecule has 0 saturated carbocycles. The SMILES string of the molecule is CC(C)(C)c1ccc(CC(Cc2ccc(C(C)(C)C)cc2)(C2=N[C@H]3c4ccccc4C[C@H]3O2)C2=N[C@H]3c4ccccc4C[C@H]3O2)cc1. The van der Waals surface area contributed by atoms with E-state index in [-0.39, 0.29) is 35.1 Å². The molecule has 4 atom stereocenters. The molecule has 8 rings (SSSR count). The predicted molar refractivity (Wildman–Crippen MR) is 191 cm³/mol. The molecule has 2 heterocycles. The number of aliphatic imine (C=N–C) groups is 2. The number of fused-ring (bicyclic) bond motifs is 6. The van der Waals surface area contributed by atoms with Gasteiger partial charge in [0.2, 0.25) is 11.8 Å². The van der Waals surface area contributed by atoms with Crippen LogP contribution in [0.25, 0.3) is 0 Å². The van der Waals surface area contributed by atoms with Crippen molar-refractivity contribution in [1.82, 2.24) is 0 Å². The quantitative estimate of drug-likeness (QED) is 0.215. The minimum Gasteiger partial charge on any atom is -0.474 e. The molecule has 4 aromatic carbocycles. The molecule has 0 fully saturated rings. The zero-order valence-electron chi connectivity index (χ0n) is 28.6. The summed E-state index contributed by atoms with van der Waals surface area (Å²) in [6.07, 6.45) is 3.12. The topological polar surface area (TPSA) is 43.2 Å². The van der Waals surface area contributed by atoms with Crippen LogP contribution in [0, 0.1) is 5.41 Å². The highest BCUT2D eigenvalue weighted by Gasteiger charge is 2.54. The minimum absolute atomic E-state index is 0.00413. The lowest BCUT2D eigenvalue weighted by molar-refractivity contribution is 0.162. The highest BCUT2D eigenvalue weighted by molar-refractivity contribution is 6.07. The van der Waals surface area contributed by atoms with E-state index in [1.165, 1.54) is 44.5 Å². The van der Waals surface area contributed by atoms with E-state index in [9.17, 15) is 0 Å². The first-order chi connectivity index (χ1) is 22.5. The number of hydrogen-bond acceptors (Lipinski definition) is 4. The van der Waals surface area contributed by atoms with Crippen LogP contribution in [0.1, 0.15) is 98.1 Å². The van der Waals surface area contributed by atoms with Gasteiger partial charge in [0.15, 0.2) is 0 Å². The Hall–Kier alpha value is -4.18. The molecule has 240 valence electrons. The van der Waals surface area contributed by atoms with Gasteiger partial charge < -0.3 is 9.47 Å². The highest BCUT2D eigenvalue weighted by atomic mass is 16.5. The van der Waals surface area contributed by atoms with Crippen molar-refractivity contribution in [3.05, 3.63) is 142 Å². The molecule has 0 radical (unpaired) electrons. The Kier molecular flexibility index (Phi) is 7.02.